The summed E-state index contributed by atoms with van der Waals surface area (Å²) in [6.45, 7) is 5.89. The average molecular weight is 364 g/mol. The third kappa shape index (κ3) is 4.57. The summed E-state index contributed by atoms with van der Waals surface area (Å²) in [5, 5.41) is 6.08. The van der Waals surface area contributed by atoms with Crippen molar-refractivity contribution in [3.05, 3.63) is 70.8 Å². The highest BCUT2D eigenvalue weighted by Gasteiger charge is 2.28. The van der Waals surface area contributed by atoms with Gasteiger partial charge < -0.3 is 10.6 Å². The average Bonchev–Trinajstić information content (AvgIpc) is 2.66. The summed E-state index contributed by atoms with van der Waals surface area (Å²) in [7, 11) is 0. The smallest absolute Gasteiger partial charge is 0.251 e. The van der Waals surface area contributed by atoms with E-state index < -0.39 is 6.04 Å². The first-order chi connectivity index (χ1) is 13.0. The summed E-state index contributed by atoms with van der Waals surface area (Å²) in [5.74, 6) is -0.335. The quantitative estimate of drug-likeness (QED) is 0.844. The minimum absolute atomic E-state index is 0.00164. The van der Waals surface area contributed by atoms with Crippen LogP contribution in [-0.2, 0) is 11.2 Å². The summed E-state index contributed by atoms with van der Waals surface area (Å²) in [5.41, 5.74) is 4.17. The molecular formula is C23H28N2O2. The monoisotopic (exact) mass is 364 g/mol. The Morgan fingerprint density at radius 3 is 2.44 bits per heavy atom. The Hall–Kier alpha value is -2.62. The van der Waals surface area contributed by atoms with E-state index >= 15 is 0 Å². The predicted octanol–water partition coefficient (Wildman–Crippen LogP) is 3.94. The molecule has 0 bridgehead atoms. The number of nitrogens with one attached hydrogen (secondary N) is 2. The van der Waals surface area contributed by atoms with Gasteiger partial charge >= 0.3 is 0 Å². The zero-order valence-electron chi connectivity index (χ0n) is 16.3. The summed E-state index contributed by atoms with van der Waals surface area (Å²) in [6, 6.07) is 15.1. The van der Waals surface area contributed by atoms with Gasteiger partial charge in [0.25, 0.3) is 5.91 Å². The molecule has 0 aromatic heterocycles. The fourth-order valence-corrected chi connectivity index (χ4v) is 3.63. The number of carbonyl (C=O) groups is 2. The lowest BCUT2D eigenvalue weighted by Crippen LogP contribution is -2.50. The number of aryl methyl sites for hydroxylation is 2. The van der Waals surface area contributed by atoms with Gasteiger partial charge in [0.05, 0.1) is 6.04 Å². The molecule has 0 fully saturated rings. The number of benzene rings is 2. The van der Waals surface area contributed by atoms with Crippen LogP contribution >= 0.6 is 0 Å². The van der Waals surface area contributed by atoms with Gasteiger partial charge in [-0.05, 0) is 55.4 Å². The number of amides is 2. The highest BCUT2D eigenvalue weighted by atomic mass is 16.2. The summed E-state index contributed by atoms with van der Waals surface area (Å²) >= 11 is 0. The number of hydrogen-bond acceptors (Lipinski definition) is 2. The van der Waals surface area contributed by atoms with E-state index in [1.807, 2.05) is 45.0 Å². The van der Waals surface area contributed by atoms with Gasteiger partial charge in [0.2, 0.25) is 5.91 Å². The molecule has 0 radical (unpaired) electrons. The minimum Gasteiger partial charge on any atom is -0.347 e. The van der Waals surface area contributed by atoms with Gasteiger partial charge in [-0.3, -0.25) is 9.59 Å². The summed E-state index contributed by atoms with van der Waals surface area (Å²) in [6.07, 6.45) is 3.05. The molecule has 0 saturated carbocycles. The molecule has 2 aromatic rings. The van der Waals surface area contributed by atoms with E-state index in [0.29, 0.717) is 5.56 Å². The fraction of sp³-hybridized carbons (Fsp3) is 0.391. The fourth-order valence-electron chi connectivity index (χ4n) is 3.63. The Morgan fingerprint density at radius 2 is 1.74 bits per heavy atom. The van der Waals surface area contributed by atoms with Crippen LogP contribution in [0.25, 0.3) is 0 Å². The largest absolute Gasteiger partial charge is 0.347 e. The van der Waals surface area contributed by atoms with Crippen LogP contribution in [-0.4, -0.2) is 17.9 Å². The van der Waals surface area contributed by atoms with Crippen molar-refractivity contribution in [1.82, 2.24) is 10.6 Å². The van der Waals surface area contributed by atoms with E-state index in [1.165, 1.54) is 11.1 Å². The molecule has 3 rings (SSSR count). The Labute approximate surface area is 161 Å². The molecule has 4 nitrogen and oxygen atoms in total. The van der Waals surface area contributed by atoms with E-state index in [0.717, 1.165) is 24.8 Å². The van der Waals surface area contributed by atoms with Crippen molar-refractivity contribution >= 4 is 11.8 Å². The molecule has 2 aromatic carbocycles. The van der Waals surface area contributed by atoms with Gasteiger partial charge in [-0.1, -0.05) is 55.8 Å². The second kappa shape index (κ2) is 8.38. The zero-order chi connectivity index (χ0) is 19.4. The van der Waals surface area contributed by atoms with Crippen LogP contribution in [0.4, 0.5) is 0 Å². The van der Waals surface area contributed by atoms with Gasteiger partial charge in [-0.2, -0.15) is 0 Å². The highest BCUT2D eigenvalue weighted by molar-refractivity contribution is 5.97. The Bertz CT molecular complexity index is 811. The van der Waals surface area contributed by atoms with Crippen molar-refractivity contribution < 1.29 is 9.59 Å². The number of rotatable bonds is 5. The summed E-state index contributed by atoms with van der Waals surface area (Å²) in [4.78, 5) is 25.5. The number of hydrogen-bond donors (Lipinski definition) is 2. The summed E-state index contributed by atoms with van der Waals surface area (Å²) < 4.78 is 0. The van der Waals surface area contributed by atoms with Crippen LogP contribution in [0.5, 0.6) is 0 Å². The molecule has 2 N–H and O–H groups in total. The second-order valence-corrected chi connectivity index (χ2v) is 7.71. The van der Waals surface area contributed by atoms with Gasteiger partial charge in [0, 0.05) is 5.56 Å². The van der Waals surface area contributed by atoms with Crippen LogP contribution in [0, 0.1) is 12.8 Å². The third-order valence-electron chi connectivity index (χ3n) is 5.24. The molecule has 2 amide bonds. The first-order valence-corrected chi connectivity index (χ1v) is 9.71. The van der Waals surface area contributed by atoms with Crippen molar-refractivity contribution in [2.45, 2.75) is 52.1 Å². The van der Waals surface area contributed by atoms with E-state index in [4.69, 9.17) is 0 Å². The predicted molar refractivity (Wildman–Crippen MR) is 108 cm³/mol. The standard InChI is InChI=1S/C23H28N2O2/c1-15(2)21(25-22(26)18-13-11-16(3)12-14-18)23(27)24-20-10-6-8-17-7-4-5-9-19(17)20/h4-5,7,9,11-15,20-21H,6,8,10H2,1-3H3,(H,24,27)(H,25,26)/t20-,21+/m1/s1. The Balaban J connectivity index is 1.71. The lowest BCUT2D eigenvalue weighted by atomic mass is 9.87. The van der Waals surface area contributed by atoms with Crippen molar-refractivity contribution in [3.8, 4) is 0 Å². The maximum absolute atomic E-state index is 13.0. The van der Waals surface area contributed by atoms with Crippen LogP contribution in [0.3, 0.4) is 0 Å². The second-order valence-electron chi connectivity index (χ2n) is 7.71. The van der Waals surface area contributed by atoms with Crippen LogP contribution < -0.4 is 10.6 Å². The van der Waals surface area contributed by atoms with Crippen molar-refractivity contribution in [1.29, 1.82) is 0 Å². The lowest BCUT2D eigenvalue weighted by Gasteiger charge is -2.29. The van der Waals surface area contributed by atoms with Gasteiger partial charge in [0.15, 0.2) is 0 Å². The number of fused-ring (bicyclic) bond motifs is 1. The van der Waals surface area contributed by atoms with Crippen LogP contribution in [0.1, 0.15) is 59.8 Å². The van der Waals surface area contributed by atoms with Gasteiger partial charge in [-0.25, -0.2) is 0 Å². The SMILES string of the molecule is Cc1ccc(C(=O)N[C@H](C(=O)N[C@@H]2CCCc3ccccc32)C(C)C)cc1. The van der Waals surface area contributed by atoms with Crippen LogP contribution in [0.2, 0.25) is 0 Å². The third-order valence-corrected chi connectivity index (χ3v) is 5.24. The van der Waals surface area contributed by atoms with E-state index in [1.54, 1.807) is 12.1 Å². The maximum Gasteiger partial charge on any atom is 0.251 e. The van der Waals surface area contributed by atoms with Crippen molar-refractivity contribution in [2.75, 3.05) is 0 Å². The lowest BCUT2D eigenvalue weighted by molar-refractivity contribution is -0.124. The van der Waals surface area contributed by atoms with Crippen molar-refractivity contribution in [2.24, 2.45) is 5.92 Å². The molecule has 0 saturated heterocycles. The topological polar surface area (TPSA) is 58.2 Å². The van der Waals surface area contributed by atoms with E-state index in [9.17, 15) is 9.59 Å². The molecule has 0 aliphatic heterocycles. The van der Waals surface area contributed by atoms with Crippen molar-refractivity contribution in [3.63, 3.8) is 0 Å². The minimum atomic E-state index is -0.562. The van der Waals surface area contributed by atoms with Gasteiger partial charge in [-0.15, -0.1) is 0 Å². The first kappa shape index (κ1) is 19.2. The molecule has 0 unspecified atom stereocenters. The Morgan fingerprint density at radius 1 is 1.04 bits per heavy atom. The molecular weight excluding hydrogens is 336 g/mol. The first-order valence-electron chi connectivity index (χ1n) is 9.71. The Kier molecular flexibility index (Phi) is 5.94. The van der Waals surface area contributed by atoms with Gasteiger partial charge in [0.1, 0.15) is 6.04 Å². The number of carbonyl (C=O) groups excluding carboxylic acids is 2. The molecule has 27 heavy (non-hydrogen) atoms. The molecule has 0 heterocycles. The van der Waals surface area contributed by atoms with Crippen LogP contribution in [0.15, 0.2) is 48.5 Å². The van der Waals surface area contributed by atoms with E-state index in [2.05, 4.69) is 22.8 Å². The molecule has 4 heteroatoms. The molecule has 142 valence electrons. The van der Waals surface area contributed by atoms with E-state index in [-0.39, 0.29) is 23.8 Å². The highest BCUT2D eigenvalue weighted by Crippen LogP contribution is 2.29. The zero-order valence-corrected chi connectivity index (χ0v) is 16.3. The normalized spacial score (nSPS) is 17.1. The molecule has 1 aliphatic carbocycles. The molecule has 1 aliphatic rings. The maximum atomic E-state index is 13.0. The molecule has 0 spiro atoms. The molecule has 2 atom stereocenters.